The molecule has 0 radical (unpaired) electrons. The lowest BCUT2D eigenvalue weighted by atomic mass is 10.1. The number of halogens is 2. The van der Waals surface area contributed by atoms with Gasteiger partial charge in [0.25, 0.3) is 0 Å². The number of pyridine rings is 1. The molecule has 3 N–H and O–H groups in total. The second kappa shape index (κ2) is 14.5. The van der Waals surface area contributed by atoms with Gasteiger partial charge in [-0.25, -0.2) is 9.78 Å². The first-order valence-corrected chi connectivity index (χ1v) is 15.3. The molecule has 0 unspecified atom stereocenters. The number of anilines is 6. The van der Waals surface area contributed by atoms with Gasteiger partial charge in [0.1, 0.15) is 27.4 Å². The number of aromatic nitrogens is 1. The van der Waals surface area contributed by atoms with Gasteiger partial charge in [0.15, 0.2) is 0 Å². The zero-order valence-corrected chi connectivity index (χ0v) is 27.9. The average molecular weight is 688 g/mol. The van der Waals surface area contributed by atoms with Crippen molar-refractivity contribution in [1.82, 2.24) is 4.98 Å². The Hall–Kier alpha value is -5.52. The van der Waals surface area contributed by atoms with Crippen molar-refractivity contribution in [2.45, 2.75) is 20.0 Å². The van der Waals surface area contributed by atoms with E-state index in [1.54, 1.807) is 53.6 Å². The smallest absolute Gasteiger partial charge is 0.329 e. The highest BCUT2D eigenvalue weighted by Gasteiger charge is 2.36. The van der Waals surface area contributed by atoms with Gasteiger partial charge in [0.2, 0.25) is 11.8 Å². The van der Waals surface area contributed by atoms with E-state index in [4.69, 9.17) is 32.7 Å². The van der Waals surface area contributed by atoms with E-state index in [2.05, 4.69) is 34.1 Å². The van der Waals surface area contributed by atoms with Crippen molar-refractivity contribution < 1.29 is 23.9 Å². The third kappa shape index (κ3) is 6.92. The Morgan fingerprint density at radius 1 is 0.958 bits per heavy atom. The third-order valence-electron chi connectivity index (χ3n) is 7.58. The second-order valence-electron chi connectivity index (χ2n) is 10.6. The maximum Gasteiger partial charge on any atom is 0.329 e. The molecule has 48 heavy (non-hydrogen) atoms. The number of benzene rings is 3. The highest BCUT2D eigenvalue weighted by Crippen LogP contribution is 2.48. The Morgan fingerprint density at radius 3 is 2.23 bits per heavy atom. The van der Waals surface area contributed by atoms with Crippen LogP contribution in [0.3, 0.4) is 0 Å². The number of fused-ring (bicyclic) bond motifs is 1. The lowest BCUT2D eigenvalue weighted by molar-refractivity contribution is -0.112. The number of hydrogen-bond acceptors (Lipinski definition) is 7. The molecule has 13 heteroatoms. The van der Waals surface area contributed by atoms with Crippen LogP contribution in [0.4, 0.5) is 39.0 Å². The first-order chi connectivity index (χ1) is 23.1. The number of urea groups is 1. The van der Waals surface area contributed by atoms with Crippen LogP contribution in [0.25, 0.3) is 0 Å². The van der Waals surface area contributed by atoms with Gasteiger partial charge in [-0.05, 0) is 48.4 Å². The lowest BCUT2D eigenvalue weighted by Crippen LogP contribution is -2.47. The van der Waals surface area contributed by atoms with E-state index < -0.39 is 6.03 Å². The summed E-state index contributed by atoms with van der Waals surface area (Å²) in [5, 5.41) is 9.12. The maximum atomic E-state index is 14.5. The summed E-state index contributed by atoms with van der Waals surface area (Å²) in [6.45, 7) is 9.14. The number of nitrogens with one attached hydrogen (secondary N) is 3. The summed E-state index contributed by atoms with van der Waals surface area (Å²) in [6, 6.07) is 15.5. The van der Waals surface area contributed by atoms with E-state index >= 15 is 0 Å². The van der Waals surface area contributed by atoms with Gasteiger partial charge in [-0.1, -0.05) is 60.6 Å². The molecule has 246 valence electrons. The van der Waals surface area contributed by atoms with Gasteiger partial charge in [0.05, 0.1) is 50.1 Å². The van der Waals surface area contributed by atoms with E-state index in [-0.39, 0.29) is 52.1 Å². The Balaban J connectivity index is 1.59. The summed E-state index contributed by atoms with van der Waals surface area (Å²) in [7, 11) is 2.92. The highest BCUT2D eigenvalue weighted by molar-refractivity contribution is 6.42. The van der Waals surface area contributed by atoms with Crippen LogP contribution in [-0.2, 0) is 22.7 Å². The molecule has 5 rings (SSSR count). The fraction of sp³-hybridized carbons (Fsp3) is 0.143. The van der Waals surface area contributed by atoms with Crippen molar-refractivity contribution in [1.29, 1.82) is 0 Å². The van der Waals surface area contributed by atoms with E-state index in [1.165, 1.54) is 31.3 Å². The SMILES string of the molecule is C=CC(=O)Nc1ccc(CN2C(=O)N(c3c(Cl)c(OC)cc(OC)c3Cl)Cc3cnc(Nc4c(C)cccc4NC(=O)C=C)cc32)cc1. The Bertz CT molecular complexity index is 1900. The van der Waals surface area contributed by atoms with Crippen LogP contribution in [0.1, 0.15) is 16.7 Å². The number of methoxy groups -OCH3 is 2. The van der Waals surface area contributed by atoms with Crippen molar-refractivity contribution in [2.24, 2.45) is 0 Å². The topological polar surface area (TPSA) is 125 Å². The molecular formula is C35H32Cl2N6O5. The van der Waals surface area contributed by atoms with Crippen LogP contribution in [0, 0.1) is 6.92 Å². The van der Waals surface area contributed by atoms with Crippen LogP contribution < -0.4 is 35.2 Å². The molecule has 0 atom stereocenters. The molecule has 0 bridgehead atoms. The Labute approximate surface area is 287 Å². The van der Waals surface area contributed by atoms with Crippen molar-refractivity contribution in [3.05, 3.63) is 113 Å². The number of amides is 4. The normalized spacial score (nSPS) is 12.1. The van der Waals surface area contributed by atoms with Crippen molar-refractivity contribution in [3.8, 4) is 11.5 Å². The van der Waals surface area contributed by atoms with E-state index in [0.29, 0.717) is 34.1 Å². The largest absolute Gasteiger partial charge is 0.495 e. The minimum absolute atomic E-state index is 0.0885. The number of aryl methyl sites for hydroxylation is 1. The molecule has 3 aromatic carbocycles. The predicted molar refractivity (Wildman–Crippen MR) is 190 cm³/mol. The summed E-state index contributed by atoms with van der Waals surface area (Å²) >= 11 is 13.5. The van der Waals surface area contributed by atoms with Crippen LogP contribution in [0.15, 0.2) is 86.1 Å². The fourth-order valence-electron chi connectivity index (χ4n) is 5.16. The minimum atomic E-state index is -0.419. The van der Waals surface area contributed by atoms with Crippen molar-refractivity contribution in [3.63, 3.8) is 0 Å². The molecule has 4 aromatic rings. The molecule has 1 aliphatic rings. The van der Waals surface area contributed by atoms with E-state index in [0.717, 1.165) is 11.1 Å². The van der Waals surface area contributed by atoms with E-state index in [1.807, 2.05) is 19.1 Å². The van der Waals surface area contributed by atoms with Crippen molar-refractivity contribution in [2.75, 3.05) is 40.0 Å². The predicted octanol–water partition coefficient (Wildman–Crippen LogP) is 7.85. The maximum absolute atomic E-state index is 14.5. The molecular weight excluding hydrogens is 655 g/mol. The number of rotatable bonds is 11. The number of carbonyl (C=O) groups is 3. The third-order valence-corrected chi connectivity index (χ3v) is 8.31. The highest BCUT2D eigenvalue weighted by atomic mass is 35.5. The van der Waals surface area contributed by atoms with Crippen LogP contribution in [0.5, 0.6) is 11.5 Å². The summed E-state index contributed by atoms with van der Waals surface area (Å²) in [4.78, 5) is 46.1. The van der Waals surface area contributed by atoms with Gasteiger partial charge >= 0.3 is 6.03 Å². The number of hydrogen-bond donors (Lipinski definition) is 3. The minimum Gasteiger partial charge on any atom is -0.495 e. The molecule has 1 aromatic heterocycles. The fourth-order valence-corrected chi connectivity index (χ4v) is 5.86. The molecule has 0 saturated heterocycles. The zero-order valence-electron chi connectivity index (χ0n) is 26.4. The molecule has 4 amide bonds. The van der Waals surface area contributed by atoms with Crippen LogP contribution >= 0.6 is 23.2 Å². The van der Waals surface area contributed by atoms with Gasteiger partial charge < -0.3 is 25.4 Å². The first-order valence-electron chi connectivity index (χ1n) is 14.6. The van der Waals surface area contributed by atoms with Gasteiger partial charge in [0, 0.05) is 29.6 Å². The first kappa shape index (κ1) is 33.8. The number of nitrogens with zero attached hydrogens (tertiary/aromatic N) is 3. The molecule has 0 fully saturated rings. The molecule has 2 heterocycles. The molecule has 11 nitrogen and oxygen atoms in total. The molecule has 0 aliphatic carbocycles. The number of para-hydroxylation sites is 1. The lowest BCUT2D eigenvalue weighted by Gasteiger charge is -2.38. The average Bonchev–Trinajstić information content (AvgIpc) is 3.08. The standard InChI is InChI=1S/C35H32Cl2N6O5/c1-6-29(44)39-23-13-11-21(12-14-23)18-42-25-15-28(41-33-20(3)9-8-10-24(33)40-30(45)7-2)38-17-22(25)19-43(35(42)46)34-31(36)26(47-4)16-27(48-5)32(34)37/h6-17H,1-2,18-19H2,3-5H3,(H,38,41)(H,39,44)(H,40,45). The van der Waals surface area contributed by atoms with Crippen molar-refractivity contribution >= 4 is 75.3 Å². The second-order valence-corrected chi connectivity index (χ2v) is 11.4. The number of carbonyl (C=O) groups excluding carboxylic acids is 3. The van der Waals surface area contributed by atoms with Gasteiger partial charge in [-0.3, -0.25) is 19.4 Å². The number of ether oxygens (including phenoxy) is 2. The monoisotopic (exact) mass is 686 g/mol. The summed E-state index contributed by atoms with van der Waals surface area (Å²) in [5.41, 5.74) is 4.89. The summed E-state index contributed by atoms with van der Waals surface area (Å²) in [6.07, 6.45) is 4.04. The molecule has 0 spiro atoms. The van der Waals surface area contributed by atoms with Gasteiger partial charge in [-0.2, -0.15) is 0 Å². The molecule has 0 saturated carbocycles. The van der Waals surface area contributed by atoms with E-state index in [9.17, 15) is 14.4 Å². The Morgan fingerprint density at radius 2 is 1.60 bits per heavy atom. The van der Waals surface area contributed by atoms with Gasteiger partial charge in [-0.15, -0.1) is 0 Å². The zero-order chi connectivity index (χ0) is 34.5. The van der Waals surface area contributed by atoms with Crippen LogP contribution in [0.2, 0.25) is 10.0 Å². The summed E-state index contributed by atoms with van der Waals surface area (Å²) in [5.74, 6) is 0.302. The summed E-state index contributed by atoms with van der Waals surface area (Å²) < 4.78 is 10.9. The Kier molecular flexibility index (Phi) is 10.2. The van der Waals surface area contributed by atoms with Crippen LogP contribution in [-0.4, -0.2) is 37.0 Å². The molecule has 1 aliphatic heterocycles. The quantitative estimate of drug-likeness (QED) is 0.137.